The van der Waals surface area contributed by atoms with Crippen LogP contribution < -0.4 is 11.1 Å². The van der Waals surface area contributed by atoms with Crippen LogP contribution in [0.25, 0.3) is 17.2 Å². The van der Waals surface area contributed by atoms with Crippen LogP contribution in [0.4, 0.5) is 5.69 Å². The van der Waals surface area contributed by atoms with Gasteiger partial charge in [-0.25, -0.2) is 0 Å². The Morgan fingerprint density at radius 1 is 1.14 bits per heavy atom. The van der Waals surface area contributed by atoms with Crippen LogP contribution in [0.3, 0.4) is 0 Å². The van der Waals surface area contributed by atoms with Gasteiger partial charge in [-0.05, 0) is 53.2 Å². The van der Waals surface area contributed by atoms with E-state index in [1.807, 2.05) is 50.4 Å². The lowest BCUT2D eigenvalue weighted by molar-refractivity contribution is 0.861. The fourth-order valence-electron chi connectivity index (χ4n) is 2.32. The Balaban J connectivity index is 0.000000774. The van der Waals surface area contributed by atoms with Gasteiger partial charge in [0.05, 0.1) is 11.6 Å². The highest BCUT2D eigenvalue weighted by Crippen LogP contribution is 2.29. The molecule has 0 aliphatic carbocycles. The van der Waals surface area contributed by atoms with E-state index in [4.69, 9.17) is 11.0 Å². The molecule has 0 fully saturated rings. The summed E-state index contributed by atoms with van der Waals surface area (Å²) in [7, 11) is 0. The van der Waals surface area contributed by atoms with E-state index in [-0.39, 0.29) is 0 Å². The van der Waals surface area contributed by atoms with Gasteiger partial charge in [-0.1, -0.05) is 26.0 Å². The Bertz CT molecular complexity index is 709. The minimum absolute atomic E-state index is 0.658. The van der Waals surface area contributed by atoms with Gasteiger partial charge in [0.1, 0.15) is 0 Å². The molecule has 1 aliphatic heterocycles. The molecule has 0 atom stereocenters. The maximum Gasteiger partial charge on any atom is 0.0991 e. The van der Waals surface area contributed by atoms with Crippen molar-refractivity contribution < 1.29 is 0 Å². The molecule has 0 amide bonds. The second kappa shape index (κ2) is 6.62. The molecular formula is C18H19N3. The van der Waals surface area contributed by atoms with E-state index in [9.17, 15) is 0 Å². The normalized spacial score (nSPS) is 11.5. The van der Waals surface area contributed by atoms with Gasteiger partial charge in [0.25, 0.3) is 0 Å². The molecule has 0 radical (unpaired) electrons. The number of nitrogen functional groups attached to an aromatic ring is 1. The van der Waals surface area contributed by atoms with E-state index in [1.165, 1.54) is 0 Å². The minimum Gasteiger partial charge on any atom is -0.398 e. The Morgan fingerprint density at radius 3 is 2.71 bits per heavy atom. The summed E-state index contributed by atoms with van der Waals surface area (Å²) < 4.78 is 0. The topological polar surface area (TPSA) is 61.8 Å². The van der Waals surface area contributed by atoms with Crippen molar-refractivity contribution in [1.29, 1.82) is 5.26 Å². The van der Waals surface area contributed by atoms with Gasteiger partial charge < -0.3 is 11.1 Å². The highest BCUT2D eigenvalue weighted by molar-refractivity contribution is 5.76. The largest absolute Gasteiger partial charge is 0.398 e. The highest BCUT2D eigenvalue weighted by atomic mass is 14.8. The zero-order valence-corrected chi connectivity index (χ0v) is 12.4. The summed E-state index contributed by atoms with van der Waals surface area (Å²) in [5, 5.41) is 12.1. The van der Waals surface area contributed by atoms with E-state index in [0.29, 0.717) is 5.56 Å². The average molecular weight is 277 g/mol. The summed E-state index contributed by atoms with van der Waals surface area (Å²) in [5.41, 5.74) is 11.9. The van der Waals surface area contributed by atoms with Crippen molar-refractivity contribution >= 4 is 11.8 Å². The molecular weight excluding hydrogens is 258 g/mol. The molecule has 21 heavy (non-hydrogen) atoms. The van der Waals surface area contributed by atoms with Gasteiger partial charge in [0.2, 0.25) is 0 Å². The molecule has 3 rings (SSSR count). The molecule has 1 aliphatic rings. The van der Waals surface area contributed by atoms with Crippen LogP contribution >= 0.6 is 0 Å². The van der Waals surface area contributed by atoms with E-state index in [1.54, 1.807) is 6.07 Å². The number of fused-ring (bicyclic) bond motifs is 1. The smallest absolute Gasteiger partial charge is 0.0991 e. The Morgan fingerprint density at radius 2 is 1.95 bits per heavy atom. The fourth-order valence-corrected chi connectivity index (χ4v) is 2.32. The highest BCUT2D eigenvalue weighted by Gasteiger charge is 2.10. The third kappa shape index (κ3) is 3.06. The van der Waals surface area contributed by atoms with Gasteiger partial charge in [-0.15, -0.1) is 0 Å². The van der Waals surface area contributed by atoms with Gasteiger partial charge in [0, 0.05) is 17.8 Å². The van der Waals surface area contributed by atoms with E-state index in [2.05, 4.69) is 17.5 Å². The first-order valence-electron chi connectivity index (χ1n) is 7.11. The molecule has 3 nitrogen and oxygen atoms in total. The van der Waals surface area contributed by atoms with Crippen molar-refractivity contribution in [3.8, 4) is 17.2 Å². The lowest BCUT2D eigenvalue weighted by atomic mass is 9.95. The first-order valence-corrected chi connectivity index (χ1v) is 7.11. The molecule has 3 heteroatoms. The molecule has 0 spiro atoms. The number of nitrogens with two attached hydrogens (primary N) is 1. The number of hydrogen-bond acceptors (Lipinski definition) is 3. The molecule has 0 saturated carbocycles. The fraction of sp³-hybridized carbons (Fsp3) is 0.167. The number of hydrogen-bond donors (Lipinski definition) is 2. The zero-order valence-electron chi connectivity index (χ0n) is 12.4. The zero-order chi connectivity index (χ0) is 15.2. The molecule has 0 saturated heterocycles. The van der Waals surface area contributed by atoms with E-state index in [0.717, 1.165) is 34.5 Å². The van der Waals surface area contributed by atoms with Crippen LogP contribution in [0.2, 0.25) is 0 Å². The number of anilines is 1. The van der Waals surface area contributed by atoms with Crippen LogP contribution in [0.15, 0.2) is 42.6 Å². The van der Waals surface area contributed by atoms with Crippen molar-refractivity contribution in [3.63, 3.8) is 0 Å². The number of benzene rings is 2. The molecule has 106 valence electrons. The van der Waals surface area contributed by atoms with Crippen molar-refractivity contribution in [2.75, 3.05) is 5.73 Å². The number of rotatable bonds is 1. The molecule has 3 N–H and O–H groups in total. The molecule has 0 unspecified atom stereocenters. The van der Waals surface area contributed by atoms with Crippen LogP contribution in [0.5, 0.6) is 0 Å². The number of nitrogens with one attached hydrogen (secondary N) is 1. The predicted octanol–water partition coefficient (Wildman–Crippen LogP) is 3.91. The summed E-state index contributed by atoms with van der Waals surface area (Å²) in [5.74, 6) is 0. The average Bonchev–Trinajstić information content (AvgIpc) is 2.57. The van der Waals surface area contributed by atoms with Gasteiger partial charge >= 0.3 is 0 Å². The second-order valence-electron chi connectivity index (χ2n) is 4.54. The van der Waals surface area contributed by atoms with Gasteiger partial charge in [-0.3, -0.25) is 0 Å². The minimum atomic E-state index is 0.658. The van der Waals surface area contributed by atoms with Crippen LogP contribution in [-0.2, 0) is 6.54 Å². The van der Waals surface area contributed by atoms with Crippen molar-refractivity contribution in [1.82, 2.24) is 5.32 Å². The maximum atomic E-state index is 8.96. The van der Waals surface area contributed by atoms with Crippen LogP contribution in [0.1, 0.15) is 30.5 Å². The molecule has 1 heterocycles. The van der Waals surface area contributed by atoms with Crippen molar-refractivity contribution in [2.45, 2.75) is 20.4 Å². The summed E-state index contributed by atoms with van der Waals surface area (Å²) >= 11 is 0. The molecule has 2 aromatic rings. The molecule has 0 bridgehead atoms. The quantitative estimate of drug-likeness (QED) is 0.777. The standard InChI is InChI=1S/C16H13N3.C2H6/c17-9-11-2-1-3-12(6-11)14-7-13-4-5-19-10-15(13)16(18)8-14;1-2/h1-8,19H,10,18H2;1-2H3. The monoisotopic (exact) mass is 277 g/mol. The van der Waals surface area contributed by atoms with Crippen LogP contribution in [-0.4, -0.2) is 0 Å². The summed E-state index contributed by atoms with van der Waals surface area (Å²) in [6.07, 6.45) is 3.95. The summed E-state index contributed by atoms with van der Waals surface area (Å²) in [6, 6.07) is 13.8. The Kier molecular flexibility index (Phi) is 4.63. The Labute approximate surface area is 125 Å². The second-order valence-corrected chi connectivity index (χ2v) is 4.54. The predicted molar refractivity (Wildman–Crippen MR) is 88.2 cm³/mol. The molecule has 0 aromatic heterocycles. The van der Waals surface area contributed by atoms with Crippen LogP contribution in [0, 0.1) is 11.3 Å². The maximum absolute atomic E-state index is 8.96. The lowest BCUT2D eigenvalue weighted by Crippen LogP contribution is -2.12. The van der Waals surface area contributed by atoms with Crippen molar-refractivity contribution in [3.05, 3.63) is 59.3 Å². The first-order chi connectivity index (χ1) is 10.3. The third-order valence-corrected chi connectivity index (χ3v) is 3.30. The van der Waals surface area contributed by atoms with Gasteiger partial charge in [-0.2, -0.15) is 5.26 Å². The van der Waals surface area contributed by atoms with E-state index >= 15 is 0 Å². The summed E-state index contributed by atoms with van der Waals surface area (Å²) in [6.45, 7) is 4.76. The van der Waals surface area contributed by atoms with Crippen molar-refractivity contribution in [2.24, 2.45) is 0 Å². The third-order valence-electron chi connectivity index (χ3n) is 3.30. The molecule has 2 aromatic carbocycles. The SMILES string of the molecule is CC.N#Cc1cccc(-c2cc(N)c3c(c2)C=CNC3)c1. The number of nitrogens with zero attached hydrogens (tertiary/aromatic N) is 1. The lowest BCUT2D eigenvalue weighted by Gasteiger charge is -2.16. The summed E-state index contributed by atoms with van der Waals surface area (Å²) in [4.78, 5) is 0. The van der Waals surface area contributed by atoms with Gasteiger partial charge in [0.15, 0.2) is 0 Å². The number of nitriles is 1. The van der Waals surface area contributed by atoms with E-state index < -0.39 is 0 Å². The Hall–Kier alpha value is -2.73. The first kappa shape index (κ1) is 14.7.